The first-order valence-electron chi connectivity index (χ1n) is 20.5. The van der Waals surface area contributed by atoms with Gasteiger partial charge in [-0.3, -0.25) is 9.98 Å². The van der Waals surface area contributed by atoms with E-state index in [1.165, 1.54) is 170 Å². The van der Waals surface area contributed by atoms with Gasteiger partial charge in [-0.05, 0) is 124 Å². The van der Waals surface area contributed by atoms with Crippen LogP contribution in [0, 0.1) is 0 Å². The van der Waals surface area contributed by atoms with Crippen LogP contribution >= 0.6 is 0 Å². The van der Waals surface area contributed by atoms with Crippen molar-refractivity contribution in [2.75, 3.05) is 0 Å². The summed E-state index contributed by atoms with van der Waals surface area (Å²) < 4.78 is 0. The van der Waals surface area contributed by atoms with Gasteiger partial charge in [0.15, 0.2) is 0 Å². The SMILES string of the molecule is CCCCCCC(=N\c1ccc(CCCCC)c(CCCCC)c1)/C(CCCCC)=N/c1ccc(CCCCC)c(CCCCC)c1.[Ni]. The van der Waals surface area contributed by atoms with E-state index < -0.39 is 0 Å². The van der Waals surface area contributed by atoms with Crippen LogP contribution in [-0.2, 0) is 42.2 Å². The molecule has 0 aromatic heterocycles. The van der Waals surface area contributed by atoms with Crippen molar-refractivity contribution in [3.63, 3.8) is 0 Å². The van der Waals surface area contributed by atoms with E-state index in [1.807, 2.05) is 0 Å². The third kappa shape index (κ3) is 18.3. The Morgan fingerprint density at radius 3 is 1.06 bits per heavy atom. The first kappa shape index (κ1) is 44.3. The predicted octanol–water partition coefficient (Wildman–Crippen LogP) is 15.0. The predicted molar refractivity (Wildman–Crippen MR) is 213 cm³/mol. The molecule has 0 radical (unpaired) electrons. The van der Waals surface area contributed by atoms with Crippen molar-refractivity contribution in [3.8, 4) is 0 Å². The number of aryl methyl sites for hydroxylation is 4. The second kappa shape index (κ2) is 29.0. The fraction of sp³-hybridized carbons (Fsp3) is 0.689. The summed E-state index contributed by atoms with van der Waals surface area (Å²) in [5.74, 6) is 0. The molecule has 0 saturated heterocycles. The Balaban J connectivity index is 0.0000115. The maximum Gasteiger partial charge on any atom is 0.0636 e. The Labute approximate surface area is 308 Å². The van der Waals surface area contributed by atoms with Gasteiger partial charge in [-0.2, -0.15) is 0 Å². The van der Waals surface area contributed by atoms with Gasteiger partial charge in [-0.15, -0.1) is 0 Å². The Morgan fingerprint density at radius 2 is 0.688 bits per heavy atom. The Bertz CT molecular complexity index is 1150. The van der Waals surface area contributed by atoms with E-state index in [4.69, 9.17) is 9.98 Å². The molecule has 3 heteroatoms. The molecule has 0 saturated carbocycles. The van der Waals surface area contributed by atoms with E-state index in [0.29, 0.717) is 0 Å². The largest absolute Gasteiger partial charge is 0.252 e. The van der Waals surface area contributed by atoms with Crippen LogP contribution < -0.4 is 0 Å². The van der Waals surface area contributed by atoms with Crippen LogP contribution in [0.1, 0.15) is 199 Å². The average Bonchev–Trinajstić information content (AvgIpc) is 3.08. The summed E-state index contributed by atoms with van der Waals surface area (Å²) >= 11 is 0. The first-order chi connectivity index (χ1) is 23.1. The van der Waals surface area contributed by atoms with Crippen LogP contribution in [0.25, 0.3) is 0 Å². The number of rotatable bonds is 28. The molecule has 0 aliphatic carbocycles. The smallest absolute Gasteiger partial charge is 0.0636 e. The van der Waals surface area contributed by atoms with Gasteiger partial charge >= 0.3 is 0 Å². The van der Waals surface area contributed by atoms with Crippen LogP contribution in [-0.4, -0.2) is 11.4 Å². The molecule has 2 rings (SSSR count). The van der Waals surface area contributed by atoms with Crippen LogP contribution in [0.3, 0.4) is 0 Å². The molecule has 0 fully saturated rings. The van der Waals surface area contributed by atoms with E-state index in [2.05, 4.69) is 77.9 Å². The van der Waals surface area contributed by atoms with Gasteiger partial charge in [0, 0.05) is 16.5 Å². The molecule has 0 unspecified atom stereocenters. The Kier molecular flexibility index (Phi) is 26.8. The normalized spacial score (nSPS) is 12.0. The minimum absolute atomic E-state index is 0. The molecule has 0 heterocycles. The maximum atomic E-state index is 5.49. The van der Waals surface area contributed by atoms with Crippen molar-refractivity contribution in [1.29, 1.82) is 0 Å². The van der Waals surface area contributed by atoms with Gasteiger partial charge in [0.05, 0.1) is 22.8 Å². The van der Waals surface area contributed by atoms with Crippen LogP contribution in [0.5, 0.6) is 0 Å². The zero-order valence-corrected chi connectivity index (χ0v) is 33.3. The second-order valence-electron chi connectivity index (χ2n) is 14.1. The summed E-state index contributed by atoms with van der Waals surface area (Å²) in [7, 11) is 0. The van der Waals surface area contributed by atoms with Crippen molar-refractivity contribution in [2.45, 2.75) is 202 Å². The maximum absolute atomic E-state index is 5.49. The minimum atomic E-state index is 0. The van der Waals surface area contributed by atoms with Gasteiger partial charge in [0.25, 0.3) is 0 Å². The quantitative estimate of drug-likeness (QED) is 0.0479. The van der Waals surface area contributed by atoms with E-state index >= 15 is 0 Å². The van der Waals surface area contributed by atoms with Gasteiger partial charge in [0.1, 0.15) is 0 Å². The molecule has 0 aliphatic heterocycles. The van der Waals surface area contributed by atoms with Gasteiger partial charge in [0.2, 0.25) is 0 Å². The van der Waals surface area contributed by atoms with Gasteiger partial charge < -0.3 is 0 Å². The molecule has 0 N–H and O–H groups in total. The van der Waals surface area contributed by atoms with Crippen LogP contribution in [0.2, 0.25) is 0 Å². The van der Waals surface area contributed by atoms with Crippen molar-refractivity contribution >= 4 is 22.8 Å². The number of benzene rings is 2. The van der Waals surface area contributed by atoms with Crippen molar-refractivity contribution in [3.05, 3.63) is 58.7 Å². The number of hydrogen-bond acceptors (Lipinski definition) is 2. The molecule has 48 heavy (non-hydrogen) atoms. The number of aliphatic imine (C=N–C) groups is 2. The van der Waals surface area contributed by atoms with Crippen molar-refractivity contribution < 1.29 is 16.5 Å². The molecule has 2 nitrogen and oxygen atoms in total. The van der Waals surface area contributed by atoms with Gasteiger partial charge in [-0.25, -0.2) is 0 Å². The third-order valence-electron chi connectivity index (χ3n) is 9.72. The Morgan fingerprint density at radius 1 is 0.375 bits per heavy atom. The fourth-order valence-corrected chi connectivity index (χ4v) is 6.68. The van der Waals surface area contributed by atoms with E-state index in [0.717, 1.165) is 24.2 Å². The van der Waals surface area contributed by atoms with E-state index in [9.17, 15) is 0 Å². The summed E-state index contributed by atoms with van der Waals surface area (Å²) in [6, 6.07) is 14.3. The number of hydrogen-bond donors (Lipinski definition) is 0. The third-order valence-corrected chi connectivity index (χ3v) is 9.72. The van der Waals surface area contributed by atoms with E-state index in [-0.39, 0.29) is 16.5 Å². The summed E-state index contributed by atoms with van der Waals surface area (Å²) in [5, 5.41) is 0. The molecular formula is C45H74N2Ni. The number of nitrogens with zero attached hydrogens (tertiary/aromatic N) is 2. The van der Waals surface area contributed by atoms with E-state index in [1.54, 1.807) is 11.1 Å². The molecule has 2 aromatic rings. The molecular weight excluding hydrogens is 627 g/mol. The fourth-order valence-electron chi connectivity index (χ4n) is 6.68. The minimum Gasteiger partial charge on any atom is -0.252 e. The summed E-state index contributed by atoms with van der Waals surface area (Å²) in [5.41, 5.74) is 10.9. The summed E-state index contributed by atoms with van der Waals surface area (Å²) in [6.45, 7) is 13.8. The monoisotopic (exact) mass is 701 g/mol. The van der Waals surface area contributed by atoms with Crippen molar-refractivity contribution in [1.82, 2.24) is 0 Å². The molecule has 0 spiro atoms. The second-order valence-corrected chi connectivity index (χ2v) is 14.1. The standard InChI is InChI=1S/C45H74N2.Ni/c1-7-13-19-25-31-45(47-43-35-33-39(27-21-15-9-3)41(37-43)29-23-17-11-5)44(30-24-18-12-6)46-42-34-32-38(26-20-14-8-2)40(36-42)28-22-16-10-4;/h32-37H,7-31H2,1-6H3;/b46-44+,47-45+;. The van der Waals surface area contributed by atoms with Crippen molar-refractivity contribution in [2.24, 2.45) is 9.98 Å². The van der Waals surface area contributed by atoms with Gasteiger partial charge in [-0.1, -0.05) is 137 Å². The molecule has 2 aromatic carbocycles. The zero-order valence-electron chi connectivity index (χ0n) is 32.4. The summed E-state index contributed by atoms with van der Waals surface area (Å²) in [6.07, 6.45) is 30.9. The number of unbranched alkanes of at least 4 members (excludes halogenated alkanes) is 13. The molecule has 0 atom stereocenters. The molecule has 0 bridgehead atoms. The van der Waals surface area contributed by atoms with Crippen LogP contribution in [0.4, 0.5) is 11.4 Å². The molecule has 0 amide bonds. The molecule has 0 aliphatic rings. The topological polar surface area (TPSA) is 24.7 Å². The first-order valence-corrected chi connectivity index (χ1v) is 20.5. The zero-order chi connectivity index (χ0) is 34.0. The summed E-state index contributed by atoms with van der Waals surface area (Å²) in [4.78, 5) is 11.0. The Hall–Kier alpha value is -1.73. The van der Waals surface area contributed by atoms with Crippen LogP contribution in [0.15, 0.2) is 46.4 Å². The molecule has 274 valence electrons. The average molecular weight is 702 g/mol.